The minimum absolute atomic E-state index is 0.00335. The van der Waals surface area contributed by atoms with Crippen molar-refractivity contribution in [1.29, 1.82) is 0 Å². The molecular formula is C20H21NO2. The average Bonchev–Trinajstić information content (AvgIpc) is 2.97. The Kier molecular flexibility index (Phi) is 4.47. The van der Waals surface area contributed by atoms with Crippen molar-refractivity contribution in [3.8, 4) is 0 Å². The zero-order valence-corrected chi connectivity index (χ0v) is 13.5. The molecule has 0 aliphatic heterocycles. The van der Waals surface area contributed by atoms with Gasteiger partial charge in [-0.15, -0.1) is 0 Å². The summed E-state index contributed by atoms with van der Waals surface area (Å²) in [6.45, 7) is 4.11. The van der Waals surface area contributed by atoms with E-state index in [0.717, 1.165) is 28.5 Å². The normalized spacial score (nSPS) is 12.3. The smallest absolute Gasteiger partial charge is 0.225 e. The molecule has 0 bridgehead atoms. The van der Waals surface area contributed by atoms with Crippen LogP contribution < -0.4 is 5.32 Å². The molecule has 2 aromatic carbocycles. The Balaban J connectivity index is 1.71. The van der Waals surface area contributed by atoms with E-state index >= 15 is 0 Å². The van der Waals surface area contributed by atoms with Gasteiger partial charge < -0.3 is 9.73 Å². The second-order valence-corrected chi connectivity index (χ2v) is 5.82. The van der Waals surface area contributed by atoms with Gasteiger partial charge in [-0.2, -0.15) is 0 Å². The number of amides is 1. The number of hydrogen-bond donors (Lipinski definition) is 1. The van der Waals surface area contributed by atoms with Gasteiger partial charge in [0.2, 0.25) is 5.91 Å². The monoisotopic (exact) mass is 307 g/mol. The third kappa shape index (κ3) is 3.45. The molecule has 1 atom stereocenters. The highest BCUT2D eigenvalue weighted by Crippen LogP contribution is 2.23. The summed E-state index contributed by atoms with van der Waals surface area (Å²) in [4.78, 5) is 12.3. The fourth-order valence-corrected chi connectivity index (χ4v) is 2.77. The van der Waals surface area contributed by atoms with Gasteiger partial charge in [0.05, 0.1) is 18.7 Å². The summed E-state index contributed by atoms with van der Waals surface area (Å²) in [5, 5.41) is 4.06. The maximum atomic E-state index is 12.3. The van der Waals surface area contributed by atoms with Crippen LogP contribution in [0.3, 0.4) is 0 Å². The summed E-state index contributed by atoms with van der Waals surface area (Å²) >= 11 is 0. The van der Waals surface area contributed by atoms with E-state index in [4.69, 9.17) is 4.42 Å². The minimum Gasteiger partial charge on any atom is -0.464 e. The van der Waals surface area contributed by atoms with Crippen LogP contribution >= 0.6 is 0 Å². The van der Waals surface area contributed by atoms with Crippen molar-refractivity contribution in [3.05, 3.63) is 71.5 Å². The number of benzene rings is 2. The molecule has 0 aliphatic carbocycles. The summed E-state index contributed by atoms with van der Waals surface area (Å²) in [7, 11) is 0. The highest BCUT2D eigenvalue weighted by molar-refractivity contribution is 5.88. The zero-order chi connectivity index (χ0) is 16.2. The third-order valence-corrected chi connectivity index (χ3v) is 4.16. The molecule has 1 N–H and O–H groups in total. The fraction of sp³-hybridized carbons (Fsp3) is 0.250. The predicted octanol–water partition coefficient (Wildman–Crippen LogP) is 4.42. The highest BCUT2D eigenvalue weighted by atomic mass is 16.3. The first-order chi connectivity index (χ1) is 11.2. The van der Waals surface area contributed by atoms with E-state index in [1.54, 1.807) is 6.26 Å². The lowest BCUT2D eigenvalue weighted by Crippen LogP contribution is -2.27. The van der Waals surface area contributed by atoms with E-state index in [1.807, 2.05) is 49.4 Å². The van der Waals surface area contributed by atoms with E-state index in [9.17, 15) is 4.79 Å². The summed E-state index contributed by atoms with van der Waals surface area (Å²) in [5.74, 6) is 0.00335. The van der Waals surface area contributed by atoms with Crippen LogP contribution in [0.25, 0.3) is 11.0 Å². The van der Waals surface area contributed by atoms with Crippen molar-refractivity contribution < 1.29 is 9.21 Å². The first kappa shape index (κ1) is 15.3. The maximum absolute atomic E-state index is 12.3. The van der Waals surface area contributed by atoms with Gasteiger partial charge in [0, 0.05) is 10.9 Å². The second-order valence-electron chi connectivity index (χ2n) is 5.82. The average molecular weight is 307 g/mol. The number of nitrogens with one attached hydrogen (secondary N) is 1. The van der Waals surface area contributed by atoms with Crippen LogP contribution in [-0.2, 0) is 17.6 Å². The van der Waals surface area contributed by atoms with Gasteiger partial charge in [0.25, 0.3) is 0 Å². The molecule has 1 amide bonds. The third-order valence-electron chi connectivity index (χ3n) is 4.16. The lowest BCUT2D eigenvalue weighted by molar-refractivity contribution is -0.121. The van der Waals surface area contributed by atoms with Crippen LogP contribution in [0.15, 0.2) is 59.2 Å². The van der Waals surface area contributed by atoms with Crippen molar-refractivity contribution in [2.75, 3.05) is 0 Å². The Hall–Kier alpha value is -2.55. The number of carbonyl (C=O) groups is 1. The quantitative estimate of drug-likeness (QED) is 0.758. The standard InChI is InChI=1S/C20H21NO2/c1-3-15-9-10-18-17(13-23-19(18)11-15)12-20(22)21-14(2)16-7-5-4-6-8-16/h4-11,13-14H,3,12H2,1-2H3,(H,21,22). The van der Waals surface area contributed by atoms with Crippen molar-refractivity contribution in [2.45, 2.75) is 32.7 Å². The van der Waals surface area contributed by atoms with Gasteiger partial charge in [-0.25, -0.2) is 0 Å². The largest absolute Gasteiger partial charge is 0.464 e. The SMILES string of the molecule is CCc1ccc2c(CC(=O)NC(C)c3ccccc3)coc2c1. The lowest BCUT2D eigenvalue weighted by Gasteiger charge is -2.14. The van der Waals surface area contributed by atoms with Crippen LogP contribution in [0.1, 0.15) is 36.6 Å². The number of aryl methyl sites for hydroxylation is 1. The molecule has 1 unspecified atom stereocenters. The molecule has 23 heavy (non-hydrogen) atoms. The summed E-state index contributed by atoms with van der Waals surface area (Å²) in [6.07, 6.45) is 2.99. The Morgan fingerprint density at radius 2 is 1.96 bits per heavy atom. The summed E-state index contributed by atoms with van der Waals surface area (Å²) < 4.78 is 5.60. The van der Waals surface area contributed by atoms with E-state index in [0.29, 0.717) is 6.42 Å². The Labute approximate surface area is 136 Å². The van der Waals surface area contributed by atoms with Gasteiger partial charge >= 0.3 is 0 Å². The van der Waals surface area contributed by atoms with E-state index in [-0.39, 0.29) is 11.9 Å². The van der Waals surface area contributed by atoms with E-state index in [2.05, 4.69) is 18.3 Å². The van der Waals surface area contributed by atoms with Crippen molar-refractivity contribution in [3.63, 3.8) is 0 Å². The first-order valence-electron chi connectivity index (χ1n) is 8.00. The lowest BCUT2D eigenvalue weighted by atomic mass is 10.1. The number of rotatable bonds is 5. The van der Waals surface area contributed by atoms with Crippen LogP contribution in [0.4, 0.5) is 0 Å². The molecule has 3 heteroatoms. The number of furan rings is 1. The van der Waals surface area contributed by atoms with Crippen LogP contribution in [0, 0.1) is 0 Å². The van der Waals surface area contributed by atoms with Gasteiger partial charge in [0.15, 0.2) is 0 Å². The van der Waals surface area contributed by atoms with E-state index < -0.39 is 0 Å². The number of carbonyl (C=O) groups excluding carboxylic acids is 1. The molecule has 0 aliphatic rings. The molecule has 0 radical (unpaired) electrons. The second kappa shape index (κ2) is 6.69. The van der Waals surface area contributed by atoms with Gasteiger partial charge in [-0.1, -0.05) is 49.4 Å². The van der Waals surface area contributed by atoms with Crippen LogP contribution in [0.5, 0.6) is 0 Å². The molecule has 0 saturated carbocycles. The molecule has 3 nitrogen and oxygen atoms in total. The van der Waals surface area contributed by atoms with Crippen LogP contribution in [-0.4, -0.2) is 5.91 Å². The molecular weight excluding hydrogens is 286 g/mol. The van der Waals surface area contributed by atoms with Gasteiger partial charge in [0.1, 0.15) is 5.58 Å². The fourth-order valence-electron chi connectivity index (χ4n) is 2.77. The molecule has 1 aromatic heterocycles. The topological polar surface area (TPSA) is 42.2 Å². The van der Waals surface area contributed by atoms with Crippen molar-refractivity contribution in [1.82, 2.24) is 5.32 Å². The Morgan fingerprint density at radius 3 is 2.70 bits per heavy atom. The first-order valence-corrected chi connectivity index (χ1v) is 8.00. The highest BCUT2D eigenvalue weighted by Gasteiger charge is 2.13. The predicted molar refractivity (Wildman–Crippen MR) is 92.3 cm³/mol. The number of hydrogen-bond acceptors (Lipinski definition) is 2. The summed E-state index contributed by atoms with van der Waals surface area (Å²) in [5.41, 5.74) is 4.12. The van der Waals surface area contributed by atoms with Crippen molar-refractivity contribution in [2.24, 2.45) is 0 Å². The zero-order valence-electron chi connectivity index (χ0n) is 13.5. The molecule has 0 saturated heterocycles. The molecule has 1 heterocycles. The van der Waals surface area contributed by atoms with Crippen molar-refractivity contribution >= 4 is 16.9 Å². The van der Waals surface area contributed by atoms with Gasteiger partial charge in [-0.05, 0) is 30.5 Å². The maximum Gasteiger partial charge on any atom is 0.225 e. The molecule has 3 rings (SSSR count). The minimum atomic E-state index is -0.00596. The van der Waals surface area contributed by atoms with Crippen LogP contribution in [0.2, 0.25) is 0 Å². The Bertz CT molecular complexity index is 805. The number of fused-ring (bicyclic) bond motifs is 1. The van der Waals surface area contributed by atoms with E-state index in [1.165, 1.54) is 5.56 Å². The Morgan fingerprint density at radius 1 is 1.17 bits per heavy atom. The molecule has 0 spiro atoms. The summed E-state index contributed by atoms with van der Waals surface area (Å²) in [6, 6.07) is 16.1. The molecule has 0 fully saturated rings. The van der Waals surface area contributed by atoms with Gasteiger partial charge in [-0.3, -0.25) is 4.79 Å². The molecule has 3 aromatic rings. The molecule has 118 valence electrons.